The molecule has 6 nitrogen and oxygen atoms in total. The second-order valence-electron chi connectivity index (χ2n) is 4.28. The third-order valence-electron chi connectivity index (χ3n) is 3.01. The van der Waals surface area contributed by atoms with E-state index in [1.165, 1.54) is 6.07 Å². The van der Waals surface area contributed by atoms with Crippen molar-refractivity contribution in [3.8, 4) is 0 Å². The van der Waals surface area contributed by atoms with Crippen molar-refractivity contribution in [1.29, 1.82) is 0 Å². The molecule has 0 aliphatic heterocycles. The Hall–Kier alpha value is -2.18. The van der Waals surface area contributed by atoms with Crippen LogP contribution in [0.15, 0.2) is 30.3 Å². The predicted molar refractivity (Wildman–Crippen MR) is 75.1 cm³/mol. The van der Waals surface area contributed by atoms with Crippen LogP contribution in [-0.2, 0) is 0 Å². The highest BCUT2D eigenvalue weighted by atomic mass is 16.4. The first-order chi connectivity index (χ1) is 9.67. The Morgan fingerprint density at radius 3 is 2.40 bits per heavy atom. The standard InChI is InChI=1S/C14H16N2O4/c17-8-6-16(7-9-18)13-5-4-10-11(14(19)20)2-1-3-12(10)15-13/h1-5,17-18H,6-9H2,(H,19,20). The summed E-state index contributed by atoms with van der Waals surface area (Å²) in [5.41, 5.74) is 0.778. The topological polar surface area (TPSA) is 93.9 Å². The summed E-state index contributed by atoms with van der Waals surface area (Å²) in [6.07, 6.45) is 0. The summed E-state index contributed by atoms with van der Waals surface area (Å²) in [6.45, 7) is 0.624. The monoisotopic (exact) mass is 276 g/mol. The van der Waals surface area contributed by atoms with Crippen LogP contribution >= 0.6 is 0 Å². The van der Waals surface area contributed by atoms with Crippen molar-refractivity contribution in [2.75, 3.05) is 31.2 Å². The molecule has 0 unspecified atom stereocenters. The molecule has 0 aliphatic rings. The number of carboxylic acids is 1. The van der Waals surface area contributed by atoms with E-state index in [0.717, 1.165) is 0 Å². The lowest BCUT2D eigenvalue weighted by Gasteiger charge is -2.22. The summed E-state index contributed by atoms with van der Waals surface area (Å²) in [7, 11) is 0. The maximum Gasteiger partial charge on any atom is 0.336 e. The molecule has 0 amide bonds. The smallest absolute Gasteiger partial charge is 0.336 e. The van der Waals surface area contributed by atoms with E-state index in [1.807, 2.05) is 0 Å². The van der Waals surface area contributed by atoms with Gasteiger partial charge in [0.05, 0.1) is 24.3 Å². The van der Waals surface area contributed by atoms with Gasteiger partial charge in [-0.3, -0.25) is 0 Å². The summed E-state index contributed by atoms with van der Waals surface area (Å²) in [4.78, 5) is 17.3. The first-order valence-electron chi connectivity index (χ1n) is 6.27. The summed E-state index contributed by atoms with van der Waals surface area (Å²) in [6, 6.07) is 8.31. The van der Waals surface area contributed by atoms with Crippen LogP contribution in [0.25, 0.3) is 10.9 Å². The Bertz CT molecular complexity index is 609. The number of nitrogens with zero attached hydrogens (tertiary/aromatic N) is 2. The molecule has 2 rings (SSSR count). The Morgan fingerprint density at radius 1 is 1.10 bits per heavy atom. The van der Waals surface area contributed by atoms with E-state index >= 15 is 0 Å². The summed E-state index contributed by atoms with van der Waals surface area (Å²) in [5, 5.41) is 27.7. The SMILES string of the molecule is O=C(O)c1cccc2nc(N(CCO)CCO)ccc12. The van der Waals surface area contributed by atoms with E-state index in [0.29, 0.717) is 29.8 Å². The fourth-order valence-corrected chi connectivity index (χ4v) is 2.09. The molecule has 20 heavy (non-hydrogen) atoms. The number of carbonyl (C=O) groups is 1. The number of carboxylic acid groups (broad SMARTS) is 1. The zero-order chi connectivity index (χ0) is 14.5. The van der Waals surface area contributed by atoms with E-state index in [4.69, 9.17) is 15.3 Å². The second-order valence-corrected chi connectivity index (χ2v) is 4.28. The maximum absolute atomic E-state index is 11.1. The molecule has 0 fully saturated rings. The van der Waals surface area contributed by atoms with E-state index in [9.17, 15) is 4.79 Å². The number of anilines is 1. The Kier molecular flexibility index (Phi) is 4.49. The molecular formula is C14H16N2O4. The molecule has 0 bridgehead atoms. The molecule has 0 saturated heterocycles. The van der Waals surface area contributed by atoms with Gasteiger partial charge in [0, 0.05) is 18.5 Å². The molecule has 106 valence electrons. The van der Waals surface area contributed by atoms with Gasteiger partial charge in [0.2, 0.25) is 0 Å². The van der Waals surface area contributed by atoms with Gasteiger partial charge in [0.1, 0.15) is 5.82 Å². The number of hydrogen-bond donors (Lipinski definition) is 3. The molecule has 0 saturated carbocycles. The van der Waals surface area contributed by atoms with E-state index in [2.05, 4.69) is 4.98 Å². The highest BCUT2D eigenvalue weighted by Gasteiger charge is 2.11. The zero-order valence-corrected chi connectivity index (χ0v) is 10.9. The molecule has 1 aromatic carbocycles. The highest BCUT2D eigenvalue weighted by Crippen LogP contribution is 2.21. The van der Waals surface area contributed by atoms with Crippen LogP contribution in [0.3, 0.4) is 0 Å². The van der Waals surface area contributed by atoms with Gasteiger partial charge < -0.3 is 20.2 Å². The van der Waals surface area contributed by atoms with Crippen LogP contribution in [0.2, 0.25) is 0 Å². The van der Waals surface area contributed by atoms with Gasteiger partial charge in [-0.25, -0.2) is 9.78 Å². The number of rotatable bonds is 6. The minimum absolute atomic E-state index is 0.0467. The number of fused-ring (bicyclic) bond motifs is 1. The van der Waals surface area contributed by atoms with Crippen molar-refractivity contribution >= 4 is 22.7 Å². The fourth-order valence-electron chi connectivity index (χ4n) is 2.09. The van der Waals surface area contributed by atoms with Gasteiger partial charge in [-0.2, -0.15) is 0 Å². The molecule has 0 spiro atoms. The third-order valence-corrected chi connectivity index (χ3v) is 3.01. The van der Waals surface area contributed by atoms with Crippen molar-refractivity contribution in [1.82, 2.24) is 4.98 Å². The van der Waals surface area contributed by atoms with Gasteiger partial charge in [-0.05, 0) is 24.3 Å². The fraction of sp³-hybridized carbons (Fsp3) is 0.286. The van der Waals surface area contributed by atoms with E-state index < -0.39 is 5.97 Å². The lowest BCUT2D eigenvalue weighted by atomic mass is 10.1. The van der Waals surface area contributed by atoms with E-state index in [1.54, 1.807) is 29.2 Å². The number of benzene rings is 1. The number of hydrogen-bond acceptors (Lipinski definition) is 5. The average molecular weight is 276 g/mol. The lowest BCUT2D eigenvalue weighted by molar-refractivity contribution is 0.0699. The minimum atomic E-state index is -0.993. The van der Waals surface area contributed by atoms with Crippen molar-refractivity contribution in [2.24, 2.45) is 0 Å². The number of aromatic carboxylic acids is 1. The van der Waals surface area contributed by atoms with Crippen molar-refractivity contribution in [3.05, 3.63) is 35.9 Å². The number of aliphatic hydroxyl groups excluding tert-OH is 2. The molecule has 1 aromatic heterocycles. The van der Waals surface area contributed by atoms with Gasteiger partial charge in [-0.15, -0.1) is 0 Å². The quantitative estimate of drug-likeness (QED) is 0.720. The molecule has 0 aliphatic carbocycles. The normalized spacial score (nSPS) is 10.7. The number of aromatic nitrogens is 1. The summed E-state index contributed by atoms with van der Waals surface area (Å²) < 4.78 is 0. The van der Waals surface area contributed by atoms with Crippen LogP contribution in [0.1, 0.15) is 10.4 Å². The third kappa shape index (κ3) is 2.87. The maximum atomic E-state index is 11.1. The molecule has 0 radical (unpaired) electrons. The first-order valence-corrected chi connectivity index (χ1v) is 6.27. The lowest BCUT2D eigenvalue weighted by Crippen LogP contribution is -2.30. The highest BCUT2D eigenvalue weighted by molar-refractivity contribution is 6.02. The Balaban J connectivity index is 2.45. The van der Waals surface area contributed by atoms with Gasteiger partial charge >= 0.3 is 5.97 Å². The molecule has 0 atom stereocenters. The van der Waals surface area contributed by atoms with Gasteiger partial charge in [0.15, 0.2) is 0 Å². The van der Waals surface area contributed by atoms with Crippen LogP contribution in [0.5, 0.6) is 0 Å². The van der Waals surface area contributed by atoms with Crippen LogP contribution in [0.4, 0.5) is 5.82 Å². The molecule has 2 aromatic rings. The van der Waals surface area contributed by atoms with Crippen LogP contribution in [0, 0.1) is 0 Å². The largest absolute Gasteiger partial charge is 0.478 e. The number of aliphatic hydroxyl groups is 2. The van der Waals surface area contributed by atoms with Gasteiger partial charge in [-0.1, -0.05) is 6.07 Å². The molecular weight excluding hydrogens is 260 g/mol. The van der Waals surface area contributed by atoms with Crippen molar-refractivity contribution < 1.29 is 20.1 Å². The Labute approximate surface area is 115 Å². The van der Waals surface area contributed by atoms with Crippen LogP contribution in [-0.4, -0.2) is 52.6 Å². The minimum Gasteiger partial charge on any atom is -0.478 e. The first kappa shape index (κ1) is 14.2. The molecule has 1 heterocycles. The average Bonchev–Trinajstić information content (AvgIpc) is 2.45. The van der Waals surface area contributed by atoms with E-state index in [-0.39, 0.29) is 18.8 Å². The Morgan fingerprint density at radius 2 is 1.80 bits per heavy atom. The number of pyridine rings is 1. The van der Waals surface area contributed by atoms with Crippen LogP contribution < -0.4 is 4.90 Å². The molecule has 3 N–H and O–H groups in total. The zero-order valence-electron chi connectivity index (χ0n) is 10.9. The predicted octanol–water partition coefficient (Wildman–Crippen LogP) is 0.724. The van der Waals surface area contributed by atoms with Crippen molar-refractivity contribution in [2.45, 2.75) is 0 Å². The summed E-state index contributed by atoms with van der Waals surface area (Å²) in [5.74, 6) is -0.393. The molecule has 6 heteroatoms. The van der Waals surface area contributed by atoms with Crippen molar-refractivity contribution in [3.63, 3.8) is 0 Å². The summed E-state index contributed by atoms with van der Waals surface area (Å²) >= 11 is 0. The van der Waals surface area contributed by atoms with Gasteiger partial charge in [0.25, 0.3) is 0 Å². The second kappa shape index (κ2) is 6.31.